The van der Waals surface area contributed by atoms with Crippen LogP contribution >= 0.6 is 0 Å². The quantitative estimate of drug-likeness (QED) is 0.660. The normalized spacial score (nSPS) is 14.1. The van der Waals surface area contributed by atoms with Gasteiger partial charge in [0.2, 0.25) is 10.0 Å². The molecule has 0 aromatic carbocycles. The zero-order valence-electron chi connectivity index (χ0n) is 9.03. The van der Waals surface area contributed by atoms with E-state index >= 15 is 0 Å². The summed E-state index contributed by atoms with van der Waals surface area (Å²) in [7, 11) is -3.50. The number of rotatable bonds is 4. The van der Waals surface area contributed by atoms with Crippen LogP contribution in [-0.2, 0) is 10.0 Å². The maximum absolute atomic E-state index is 11.8. The molecule has 0 saturated heterocycles. The summed E-state index contributed by atoms with van der Waals surface area (Å²) in [6.07, 6.45) is 0. The molecule has 0 radical (unpaired) electrons. The first kappa shape index (κ1) is 12.2. The Labute approximate surface area is 89.3 Å². The van der Waals surface area contributed by atoms with Crippen LogP contribution in [0, 0.1) is 13.8 Å². The van der Waals surface area contributed by atoms with Gasteiger partial charge >= 0.3 is 0 Å². The Balaban J connectivity index is 2.96. The minimum Gasteiger partial charge on any atom is -0.327 e. The van der Waals surface area contributed by atoms with E-state index in [-0.39, 0.29) is 17.5 Å². The molecule has 0 spiro atoms. The maximum Gasteiger partial charge on any atom is 0.244 e. The van der Waals surface area contributed by atoms with E-state index in [1.54, 1.807) is 20.8 Å². The van der Waals surface area contributed by atoms with Crippen molar-refractivity contribution in [2.75, 3.05) is 6.54 Å². The fourth-order valence-electron chi connectivity index (χ4n) is 1.25. The van der Waals surface area contributed by atoms with Crippen LogP contribution in [0.25, 0.3) is 0 Å². The van der Waals surface area contributed by atoms with Crippen LogP contribution < -0.4 is 10.5 Å². The number of nitrogens with one attached hydrogen (secondary N) is 2. The van der Waals surface area contributed by atoms with E-state index in [9.17, 15) is 8.42 Å². The van der Waals surface area contributed by atoms with Gasteiger partial charge in [-0.3, -0.25) is 5.10 Å². The summed E-state index contributed by atoms with van der Waals surface area (Å²) >= 11 is 0. The van der Waals surface area contributed by atoms with Crippen molar-refractivity contribution in [3.63, 3.8) is 0 Å². The zero-order valence-corrected chi connectivity index (χ0v) is 9.85. The average molecular weight is 232 g/mol. The SMILES string of the molecule is Cc1n[nH]c(C)c1S(=O)(=O)NCC(C)N. The number of nitrogens with zero attached hydrogens (tertiary/aromatic N) is 1. The van der Waals surface area contributed by atoms with Crippen molar-refractivity contribution in [3.05, 3.63) is 11.4 Å². The van der Waals surface area contributed by atoms with Crippen LogP contribution in [0.2, 0.25) is 0 Å². The van der Waals surface area contributed by atoms with E-state index in [0.717, 1.165) is 0 Å². The Hall–Kier alpha value is -0.920. The Morgan fingerprint density at radius 1 is 1.53 bits per heavy atom. The van der Waals surface area contributed by atoms with Gasteiger partial charge in [-0.25, -0.2) is 13.1 Å². The summed E-state index contributed by atoms with van der Waals surface area (Å²) in [5, 5.41) is 6.46. The van der Waals surface area contributed by atoms with Gasteiger partial charge in [0, 0.05) is 12.6 Å². The minimum absolute atomic E-state index is 0.211. The average Bonchev–Trinajstić information content (AvgIpc) is 2.43. The number of hydrogen-bond donors (Lipinski definition) is 3. The lowest BCUT2D eigenvalue weighted by atomic mass is 10.4. The lowest BCUT2D eigenvalue weighted by Gasteiger charge is -2.08. The van der Waals surface area contributed by atoms with Crippen LogP contribution in [0.15, 0.2) is 4.90 Å². The number of aromatic nitrogens is 2. The first-order chi connectivity index (χ1) is 6.84. The zero-order chi connectivity index (χ0) is 11.6. The van der Waals surface area contributed by atoms with Crippen LogP contribution in [0.1, 0.15) is 18.3 Å². The van der Waals surface area contributed by atoms with Crippen LogP contribution in [-0.4, -0.2) is 31.2 Å². The van der Waals surface area contributed by atoms with Crippen molar-refractivity contribution < 1.29 is 8.42 Å². The highest BCUT2D eigenvalue weighted by atomic mass is 32.2. The highest BCUT2D eigenvalue weighted by molar-refractivity contribution is 7.89. The molecule has 4 N–H and O–H groups in total. The first-order valence-corrected chi connectivity index (χ1v) is 6.09. The van der Waals surface area contributed by atoms with Crippen molar-refractivity contribution in [3.8, 4) is 0 Å². The van der Waals surface area contributed by atoms with Gasteiger partial charge in [-0.2, -0.15) is 5.10 Å². The van der Waals surface area contributed by atoms with E-state index in [2.05, 4.69) is 14.9 Å². The minimum atomic E-state index is -3.50. The summed E-state index contributed by atoms with van der Waals surface area (Å²) in [5.74, 6) is 0. The third-order valence-electron chi connectivity index (χ3n) is 1.92. The fraction of sp³-hybridized carbons (Fsp3) is 0.625. The molecule has 6 nitrogen and oxygen atoms in total. The second-order valence-electron chi connectivity index (χ2n) is 3.59. The maximum atomic E-state index is 11.8. The van der Waals surface area contributed by atoms with E-state index in [0.29, 0.717) is 11.4 Å². The molecule has 7 heteroatoms. The topological polar surface area (TPSA) is 101 Å². The number of H-pyrrole nitrogens is 1. The second-order valence-corrected chi connectivity index (χ2v) is 5.30. The molecule has 0 amide bonds. The van der Waals surface area contributed by atoms with E-state index in [1.165, 1.54) is 0 Å². The molecule has 86 valence electrons. The summed E-state index contributed by atoms with van der Waals surface area (Å²) in [6, 6.07) is -0.215. The molecule has 1 aromatic heterocycles. The Bertz CT molecular complexity index is 416. The lowest BCUT2D eigenvalue weighted by Crippen LogP contribution is -2.35. The molecule has 1 atom stereocenters. The molecule has 0 fully saturated rings. The van der Waals surface area contributed by atoms with Gasteiger partial charge in [0.05, 0.1) is 11.4 Å². The van der Waals surface area contributed by atoms with Crippen molar-refractivity contribution >= 4 is 10.0 Å². The van der Waals surface area contributed by atoms with Gasteiger partial charge in [0.15, 0.2) is 0 Å². The standard InChI is InChI=1S/C8H16N4O2S/c1-5(9)4-10-15(13,14)8-6(2)11-12-7(8)3/h5,10H,4,9H2,1-3H3,(H,11,12). The third-order valence-corrected chi connectivity index (χ3v) is 3.61. The lowest BCUT2D eigenvalue weighted by molar-refractivity contribution is 0.573. The second kappa shape index (κ2) is 4.30. The van der Waals surface area contributed by atoms with Crippen molar-refractivity contribution in [2.24, 2.45) is 5.73 Å². The first-order valence-electron chi connectivity index (χ1n) is 4.61. The van der Waals surface area contributed by atoms with Gasteiger partial charge in [-0.1, -0.05) is 0 Å². The highest BCUT2D eigenvalue weighted by Gasteiger charge is 2.21. The van der Waals surface area contributed by atoms with Crippen molar-refractivity contribution in [1.82, 2.24) is 14.9 Å². The van der Waals surface area contributed by atoms with Crippen molar-refractivity contribution in [2.45, 2.75) is 31.7 Å². The predicted octanol–water partition coefficient (Wildman–Crippen LogP) is -0.348. The van der Waals surface area contributed by atoms with Gasteiger partial charge in [-0.15, -0.1) is 0 Å². The van der Waals surface area contributed by atoms with Gasteiger partial charge in [0.1, 0.15) is 4.90 Å². The van der Waals surface area contributed by atoms with Crippen LogP contribution in [0.5, 0.6) is 0 Å². The van der Waals surface area contributed by atoms with E-state index in [1.807, 2.05) is 0 Å². The van der Waals surface area contributed by atoms with Crippen LogP contribution in [0.3, 0.4) is 0 Å². The van der Waals surface area contributed by atoms with Crippen molar-refractivity contribution in [1.29, 1.82) is 0 Å². The summed E-state index contributed by atoms with van der Waals surface area (Å²) in [4.78, 5) is 0.211. The van der Waals surface area contributed by atoms with Gasteiger partial charge in [-0.05, 0) is 20.8 Å². The van der Waals surface area contributed by atoms with E-state index in [4.69, 9.17) is 5.73 Å². The molecule has 0 aliphatic rings. The summed E-state index contributed by atoms with van der Waals surface area (Å²) in [6.45, 7) is 5.26. The monoisotopic (exact) mass is 232 g/mol. The fourth-order valence-corrected chi connectivity index (χ4v) is 2.76. The number of nitrogens with two attached hydrogens (primary N) is 1. The van der Waals surface area contributed by atoms with Gasteiger partial charge < -0.3 is 5.73 Å². The molecule has 1 heterocycles. The van der Waals surface area contributed by atoms with Gasteiger partial charge in [0.25, 0.3) is 0 Å². The molecular formula is C8H16N4O2S. The smallest absolute Gasteiger partial charge is 0.244 e. The molecule has 0 aliphatic carbocycles. The predicted molar refractivity (Wildman–Crippen MR) is 56.9 cm³/mol. The molecule has 0 saturated carbocycles. The Kier molecular flexibility index (Phi) is 3.48. The highest BCUT2D eigenvalue weighted by Crippen LogP contribution is 2.15. The largest absolute Gasteiger partial charge is 0.327 e. The Morgan fingerprint density at radius 2 is 2.13 bits per heavy atom. The molecule has 0 aliphatic heterocycles. The van der Waals surface area contributed by atoms with Crippen LogP contribution in [0.4, 0.5) is 0 Å². The van der Waals surface area contributed by atoms with E-state index < -0.39 is 10.0 Å². The number of aryl methyl sites for hydroxylation is 2. The number of sulfonamides is 1. The third kappa shape index (κ3) is 2.77. The molecule has 0 bridgehead atoms. The Morgan fingerprint density at radius 3 is 2.53 bits per heavy atom. The molecule has 1 rings (SSSR count). The summed E-state index contributed by atoms with van der Waals surface area (Å²) in [5.41, 5.74) is 6.47. The number of aromatic amines is 1. The molecule has 1 unspecified atom stereocenters. The molecule has 15 heavy (non-hydrogen) atoms. The molecular weight excluding hydrogens is 216 g/mol. The molecule has 1 aromatic rings. The summed E-state index contributed by atoms with van der Waals surface area (Å²) < 4.78 is 26.1. The number of hydrogen-bond acceptors (Lipinski definition) is 4.